The minimum absolute atomic E-state index is 0.0765. The number of amides is 1. The molecule has 0 aliphatic heterocycles. The molecule has 24 heavy (non-hydrogen) atoms. The zero-order valence-electron chi connectivity index (χ0n) is 14.0. The first kappa shape index (κ1) is 16.0. The van der Waals surface area contributed by atoms with Crippen LogP contribution < -0.4 is 5.32 Å². The third kappa shape index (κ3) is 3.53. The van der Waals surface area contributed by atoms with Crippen LogP contribution in [-0.4, -0.2) is 26.7 Å². The van der Waals surface area contributed by atoms with Gasteiger partial charge in [-0.3, -0.25) is 9.48 Å². The Kier molecular flexibility index (Phi) is 4.46. The third-order valence-electron chi connectivity index (χ3n) is 3.69. The van der Waals surface area contributed by atoms with Crippen LogP contribution in [0.25, 0.3) is 11.5 Å². The first-order chi connectivity index (χ1) is 11.5. The second-order valence-electron chi connectivity index (χ2n) is 5.89. The fourth-order valence-electron chi connectivity index (χ4n) is 2.55. The largest absolute Gasteiger partial charge is 0.444 e. The van der Waals surface area contributed by atoms with Crippen LogP contribution in [0, 0.1) is 13.8 Å². The summed E-state index contributed by atoms with van der Waals surface area (Å²) in [5.41, 5.74) is 3.15. The van der Waals surface area contributed by atoms with Gasteiger partial charge < -0.3 is 9.73 Å². The van der Waals surface area contributed by atoms with E-state index >= 15 is 0 Å². The second-order valence-corrected chi connectivity index (χ2v) is 5.89. The Morgan fingerprint density at radius 3 is 2.71 bits per heavy atom. The van der Waals surface area contributed by atoms with Crippen LogP contribution in [0.5, 0.6) is 0 Å². The van der Waals surface area contributed by atoms with Crippen LogP contribution in [0.1, 0.15) is 28.8 Å². The number of nitrogens with zero attached hydrogens (tertiary/aromatic N) is 3. The van der Waals surface area contributed by atoms with Gasteiger partial charge in [-0.25, -0.2) is 4.98 Å². The van der Waals surface area contributed by atoms with Crippen molar-refractivity contribution in [2.75, 3.05) is 0 Å². The van der Waals surface area contributed by atoms with Crippen molar-refractivity contribution in [3.8, 4) is 11.5 Å². The lowest BCUT2D eigenvalue weighted by Gasteiger charge is -2.14. The maximum Gasteiger partial charge on any atom is 0.273 e. The van der Waals surface area contributed by atoms with Crippen LogP contribution in [0.15, 0.2) is 47.1 Å². The highest BCUT2D eigenvalue weighted by Gasteiger charge is 2.16. The molecule has 2 heterocycles. The van der Waals surface area contributed by atoms with E-state index in [2.05, 4.69) is 15.4 Å². The Morgan fingerprint density at radius 1 is 1.29 bits per heavy atom. The number of carbonyl (C=O) groups excluding carboxylic acids is 1. The summed E-state index contributed by atoms with van der Waals surface area (Å²) in [5.74, 6) is 0.182. The quantitative estimate of drug-likeness (QED) is 0.783. The summed E-state index contributed by atoms with van der Waals surface area (Å²) in [5, 5.41) is 7.33. The van der Waals surface area contributed by atoms with Crippen molar-refractivity contribution in [1.29, 1.82) is 0 Å². The van der Waals surface area contributed by atoms with Crippen molar-refractivity contribution >= 4 is 5.91 Å². The first-order valence-corrected chi connectivity index (χ1v) is 7.86. The Balaban J connectivity index is 1.65. The van der Waals surface area contributed by atoms with Gasteiger partial charge >= 0.3 is 0 Å². The molecule has 0 unspecified atom stereocenters. The summed E-state index contributed by atoms with van der Waals surface area (Å²) < 4.78 is 7.29. The van der Waals surface area contributed by atoms with E-state index in [4.69, 9.17) is 4.42 Å². The highest BCUT2D eigenvalue weighted by atomic mass is 16.3. The summed E-state index contributed by atoms with van der Waals surface area (Å²) in [7, 11) is 0. The van der Waals surface area contributed by atoms with Crippen molar-refractivity contribution in [2.45, 2.75) is 33.4 Å². The summed E-state index contributed by atoms with van der Waals surface area (Å²) in [4.78, 5) is 16.6. The normalized spacial score (nSPS) is 12.1. The summed E-state index contributed by atoms with van der Waals surface area (Å²) >= 11 is 0. The number of nitrogens with one attached hydrogen (secondary N) is 1. The van der Waals surface area contributed by atoms with Crippen LogP contribution in [0.2, 0.25) is 0 Å². The van der Waals surface area contributed by atoms with Crippen molar-refractivity contribution < 1.29 is 9.21 Å². The molecule has 1 amide bonds. The van der Waals surface area contributed by atoms with Gasteiger partial charge in [0.2, 0.25) is 5.89 Å². The highest BCUT2D eigenvalue weighted by Crippen LogP contribution is 2.17. The number of aromatic nitrogens is 3. The zero-order valence-corrected chi connectivity index (χ0v) is 14.0. The summed E-state index contributed by atoms with van der Waals surface area (Å²) in [6, 6.07) is 11.4. The molecule has 6 nitrogen and oxygen atoms in total. The summed E-state index contributed by atoms with van der Waals surface area (Å²) in [6.07, 6.45) is 1.38. The smallest absolute Gasteiger partial charge is 0.273 e. The van der Waals surface area contributed by atoms with E-state index < -0.39 is 0 Å². The maximum atomic E-state index is 12.3. The lowest BCUT2D eigenvalue weighted by atomic mass is 10.2. The lowest BCUT2D eigenvalue weighted by Crippen LogP contribution is -2.36. The van der Waals surface area contributed by atoms with Crippen molar-refractivity contribution in [3.63, 3.8) is 0 Å². The molecule has 0 radical (unpaired) electrons. The molecule has 1 N–H and O–H groups in total. The van der Waals surface area contributed by atoms with Crippen LogP contribution in [0.3, 0.4) is 0 Å². The van der Waals surface area contributed by atoms with Gasteiger partial charge in [0.05, 0.1) is 12.2 Å². The molecule has 6 heteroatoms. The minimum Gasteiger partial charge on any atom is -0.444 e. The molecular formula is C18H20N4O2. The summed E-state index contributed by atoms with van der Waals surface area (Å²) in [6.45, 7) is 6.49. The molecule has 0 aliphatic rings. The Bertz CT molecular complexity index is 836. The molecular weight excluding hydrogens is 304 g/mol. The lowest BCUT2D eigenvalue weighted by molar-refractivity contribution is 0.0931. The van der Waals surface area contributed by atoms with Gasteiger partial charge in [0.1, 0.15) is 6.26 Å². The molecule has 124 valence electrons. The number of aryl methyl sites for hydroxylation is 2. The molecule has 3 aromatic rings. The molecule has 0 spiro atoms. The average molecular weight is 324 g/mol. The van der Waals surface area contributed by atoms with Crippen LogP contribution >= 0.6 is 0 Å². The van der Waals surface area contributed by atoms with Gasteiger partial charge in [-0.05, 0) is 39.0 Å². The zero-order chi connectivity index (χ0) is 17.1. The number of hydrogen-bond acceptors (Lipinski definition) is 4. The average Bonchev–Trinajstić information content (AvgIpc) is 3.15. The third-order valence-corrected chi connectivity index (χ3v) is 3.69. The van der Waals surface area contributed by atoms with Crippen molar-refractivity contribution in [3.05, 3.63) is 59.7 Å². The molecule has 0 aliphatic carbocycles. The van der Waals surface area contributed by atoms with E-state index in [0.717, 1.165) is 17.0 Å². The molecule has 0 fully saturated rings. The Labute approximate surface area is 140 Å². The van der Waals surface area contributed by atoms with E-state index in [1.807, 2.05) is 61.9 Å². The van der Waals surface area contributed by atoms with E-state index in [1.165, 1.54) is 6.26 Å². The first-order valence-electron chi connectivity index (χ1n) is 7.86. The Hall–Kier alpha value is -2.89. The topological polar surface area (TPSA) is 73.0 Å². The number of benzene rings is 1. The van der Waals surface area contributed by atoms with E-state index in [9.17, 15) is 4.79 Å². The number of oxazole rings is 1. The predicted molar refractivity (Wildman–Crippen MR) is 90.6 cm³/mol. The molecule has 3 rings (SSSR count). The van der Waals surface area contributed by atoms with E-state index in [1.54, 1.807) is 0 Å². The van der Waals surface area contributed by atoms with Crippen molar-refractivity contribution in [1.82, 2.24) is 20.1 Å². The molecule has 0 saturated carbocycles. The fourth-order valence-corrected chi connectivity index (χ4v) is 2.55. The number of hydrogen-bond donors (Lipinski definition) is 1. The van der Waals surface area contributed by atoms with Gasteiger partial charge in [0.25, 0.3) is 5.91 Å². The van der Waals surface area contributed by atoms with Gasteiger partial charge in [0.15, 0.2) is 5.69 Å². The maximum absolute atomic E-state index is 12.3. The van der Waals surface area contributed by atoms with E-state index in [0.29, 0.717) is 12.4 Å². The van der Waals surface area contributed by atoms with Gasteiger partial charge in [-0.2, -0.15) is 5.10 Å². The minimum atomic E-state index is -0.255. The van der Waals surface area contributed by atoms with Gasteiger partial charge in [-0.15, -0.1) is 0 Å². The number of rotatable bonds is 5. The van der Waals surface area contributed by atoms with Crippen LogP contribution in [0.4, 0.5) is 0 Å². The van der Waals surface area contributed by atoms with Gasteiger partial charge in [0, 0.05) is 17.3 Å². The SMILES string of the molecule is Cc1cc(C)n(C[C@@H](C)NC(=O)c2coc(-c3ccccc3)n2)n1. The molecule has 2 aromatic heterocycles. The molecule has 1 atom stereocenters. The fraction of sp³-hybridized carbons (Fsp3) is 0.278. The highest BCUT2D eigenvalue weighted by molar-refractivity contribution is 5.92. The van der Waals surface area contributed by atoms with Crippen LogP contribution in [-0.2, 0) is 6.54 Å². The second kappa shape index (κ2) is 6.70. The monoisotopic (exact) mass is 324 g/mol. The molecule has 1 aromatic carbocycles. The predicted octanol–water partition coefficient (Wildman–Crippen LogP) is 2.97. The molecule has 0 saturated heterocycles. The number of carbonyl (C=O) groups is 1. The molecule has 0 bridgehead atoms. The standard InChI is InChI=1S/C18H20N4O2/c1-12-9-14(3)22(21-12)10-13(2)19-17(23)16-11-24-18(20-16)15-7-5-4-6-8-15/h4-9,11,13H,10H2,1-3H3,(H,19,23)/t13-/m1/s1. The van der Waals surface area contributed by atoms with Gasteiger partial charge in [-0.1, -0.05) is 18.2 Å². The van der Waals surface area contributed by atoms with Crippen molar-refractivity contribution in [2.24, 2.45) is 0 Å². The van der Waals surface area contributed by atoms with E-state index in [-0.39, 0.29) is 17.6 Å². The Morgan fingerprint density at radius 2 is 2.04 bits per heavy atom.